The quantitative estimate of drug-likeness (QED) is 0.839. The molecule has 1 saturated carbocycles. The van der Waals surface area contributed by atoms with E-state index in [-0.39, 0.29) is 0 Å². The maximum Gasteiger partial charge on any atom is 0.0360 e. The molecular weight excluding hydrogens is 228 g/mol. The summed E-state index contributed by atoms with van der Waals surface area (Å²) >= 11 is 3.43. The largest absolute Gasteiger partial charge is 0.363 e. The van der Waals surface area contributed by atoms with E-state index in [2.05, 4.69) is 32.3 Å². The summed E-state index contributed by atoms with van der Waals surface area (Å²) in [6, 6.07) is 2.88. The second-order valence-corrected chi connectivity index (χ2v) is 4.62. The Bertz CT molecular complexity index is 264. The zero-order valence-electron chi connectivity index (χ0n) is 7.65. The Balaban J connectivity index is 1.78. The van der Waals surface area contributed by atoms with Gasteiger partial charge < -0.3 is 10.3 Å². The van der Waals surface area contributed by atoms with Crippen LogP contribution in [0.15, 0.2) is 16.7 Å². The van der Waals surface area contributed by atoms with E-state index < -0.39 is 0 Å². The van der Waals surface area contributed by atoms with Crippen molar-refractivity contribution in [1.82, 2.24) is 10.3 Å². The fraction of sp³-hybridized carbons (Fsp3) is 0.600. The first-order chi connectivity index (χ1) is 6.34. The predicted molar refractivity (Wildman–Crippen MR) is 57.6 cm³/mol. The van der Waals surface area contributed by atoms with E-state index in [1.54, 1.807) is 0 Å². The zero-order chi connectivity index (χ0) is 9.10. The minimum atomic E-state index is 0.752. The van der Waals surface area contributed by atoms with Crippen LogP contribution < -0.4 is 5.32 Å². The van der Waals surface area contributed by atoms with Crippen molar-refractivity contribution in [2.45, 2.75) is 38.3 Å². The second kappa shape index (κ2) is 4.29. The summed E-state index contributed by atoms with van der Waals surface area (Å²) in [5.41, 5.74) is 1.26. The first-order valence-electron chi connectivity index (χ1n) is 4.91. The minimum Gasteiger partial charge on any atom is -0.363 e. The Labute approximate surface area is 87.2 Å². The highest BCUT2D eigenvalue weighted by Gasteiger charge is 2.13. The van der Waals surface area contributed by atoms with Gasteiger partial charge >= 0.3 is 0 Å². The van der Waals surface area contributed by atoms with Crippen LogP contribution in [0, 0.1) is 0 Å². The van der Waals surface area contributed by atoms with Crippen molar-refractivity contribution in [3.05, 3.63) is 22.4 Å². The van der Waals surface area contributed by atoms with E-state index in [0.717, 1.165) is 17.1 Å². The number of hydrogen-bond acceptors (Lipinski definition) is 1. The zero-order valence-corrected chi connectivity index (χ0v) is 9.23. The molecule has 1 heterocycles. The van der Waals surface area contributed by atoms with E-state index in [1.807, 2.05) is 6.20 Å². The van der Waals surface area contributed by atoms with Gasteiger partial charge in [-0.3, -0.25) is 0 Å². The average Bonchev–Trinajstić information content (AvgIpc) is 2.71. The van der Waals surface area contributed by atoms with E-state index >= 15 is 0 Å². The summed E-state index contributed by atoms with van der Waals surface area (Å²) in [5.74, 6) is 0. The van der Waals surface area contributed by atoms with Gasteiger partial charge in [-0.1, -0.05) is 12.8 Å². The molecule has 0 aromatic carbocycles. The lowest BCUT2D eigenvalue weighted by Crippen LogP contribution is -2.25. The molecule has 0 atom stereocenters. The van der Waals surface area contributed by atoms with Gasteiger partial charge in [0.05, 0.1) is 0 Å². The molecular formula is C10H15BrN2. The summed E-state index contributed by atoms with van der Waals surface area (Å²) in [7, 11) is 0. The van der Waals surface area contributed by atoms with Crippen LogP contribution in [0.1, 0.15) is 31.4 Å². The summed E-state index contributed by atoms with van der Waals surface area (Å²) < 4.78 is 1.13. The third-order valence-electron chi connectivity index (χ3n) is 2.64. The van der Waals surface area contributed by atoms with Crippen molar-refractivity contribution in [2.24, 2.45) is 0 Å². The molecule has 1 aliphatic rings. The molecule has 72 valence electrons. The van der Waals surface area contributed by atoms with Gasteiger partial charge in [0.15, 0.2) is 0 Å². The lowest BCUT2D eigenvalue weighted by molar-refractivity contribution is 0.520. The number of aromatic nitrogens is 1. The molecule has 0 unspecified atom stereocenters. The van der Waals surface area contributed by atoms with Gasteiger partial charge in [-0.15, -0.1) is 0 Å². The molecule has 2 rings (SSSR count). The predicted octanol–water partition coefficient (Wildman–Crippen LogP) is 2.81. The van der Waals surface area contributed by atoms with Crippen LogP contribution in [0.4, 0.5) is 0 Å². The van der Waals surface area contributed by atoms with Gasteiger partial charge in [0, 0.05) is 29.0 Å². The van der Waals surface area contributed by atoms with Crippen LogP contribution in [0.25, 0.3) is 0 Å². The van der Waals surface area contributed by atoms with Crippen molar-refractivity contribution in [3.63, 3.8) is 0 Å². The molecule has 1 aromatic heterocycles. The molecule has 1 aromatic rings. The highest BCUT2D eigenvalue weighted by Crippen LogP contribution is 2.18. The summed E-state index contributed by atoms with van der Waals surface area (Å²) in [6.07, 6.45) is 7.47. The Hall–Kier alpha value is -0.280. The first-order valence-corrected chi connectivity index (χ1v) is 5.70. The number of aromatic amines is 1. The van der Waals surface area contributed by atoms with Gasteiger partial charge in [-0.05, 0) is 34.8 Å². The molecule has 1 aliphatic carbocycles. The van der Waals surface area contributed by atoms with Crippen LogP contribution in [0.5, 0.6) is 0 Å². The Kier molecular flexibility index (Phi) is 3.06. The van der Waals surface area contributed by atoms with Crippen LogP contribution in [0.3, 0.4) is 0 Å². The number of hydrogen-bond donors (Lipinski definition) is 2. The van der Waals surface area contributed by atoms with Crippen molar-refractivity contribution < 1.29 is 0 Å². The smallest absolute Gasteiger partial charge is 0.0360 e. The Morgan fingerprint density at radius 2 is 2.23 bits per heavy atom. The van der Waals surface area contributed by atoms with Gasteiger partial charge in [0.1, 0.15) is 0 Å². The van der Waals surface area contributed by atoms with Crippen molar-refractivity contribution >= 4 is 15.9 Å². The summed E-state index contributed by atoms with van der Waals surface area (Å²) in [6.45, 7) is 0.969. The number of halogens is 1. The fourth-order valence-corrected chi connectivity index (χ4v) is 2.29. The molecule has 1 fully saturated rings. The molecule has 3 heteroatoms. The van der Waals surface area contributed by atoms with Crippen LogP contribution >= 0.6 is 15.9 Å². The molecule has 2 nitrogen and oxygen atoms in total. The Morgan fingerprint density at radius 1 is 1.46 bits per heavy atom. The summed E-state index contributed by atoms with van der Waals surface area (Å²) in [4.78, 5) is 3.22. The minimum absolute atomic E-state index is 0.752. The normalized spacial score (nSPS) is 18.2. The van der Waals surface area contributed by atoms with Crippen molar-refractivity contribution in [2.75, 3.05) is 0 Å². The molecule has 0 aliphatic heterocycles. The van der Waals surface area contributed by atoms with Gasteiger partial charge in [0.2, 0.25) is 0 Å². The third kappa shape index (κ3) is 2.58. The van der Waals surface area contributed by atoms with E-state index in [9.17, 15) is 0 Å². The molecule has 0 amide bonds. The maximum absolute atomic E-state index is 3.56. The maximum atomic E-state index is 3.56. The van der Waals surface area contributed by atoms with Crippen LogP contribution in [0.2, 0.25) is 0 Å². The van der Waals surface area contributed by atoms with Gasteiger partial charge in [-0.25, -0.2) is 0 Å². The second-order valence-electron chi connectivity index (χ2n) is 3.71. The van der Waals surface area contributed by atoms with E-state index in [0.29, 0.717) is 0 Å². The van der Waals surface area contributed by atoms with E-state index in [1.165, 1.54) is 31.4 Å². The highest BCUT2D eigenvalue weighted by molar-refractivity contribution is 9.10. The average molecular weight is 243 g/mol. The molecule has 0 radical (unpaired) electrons. The first kappa shape index (κ1) is 9.28. The number of H-pyrrole nitrogens is 1. The van der Waals surface area contributed by atoms with Crippen LogP contribution in [-0.2, 0) is 6.54 Å². The topological polar surface area (TPSA) is 27.8 Å². The van der Waals surface area contributed by atoms with Crippen LogP contribution in [-0.4, -0.2) is 11.0 Å². The molecule has 0 saturated heterocycles. The molecule has 0 bridgehead atoms. The van der Waals surface area contributed by atoms with Crippen molar-refractivity contribution in [1.29, 1.82) is 0 Å². The molecule has 13 heavy (non-hydrogen) atoms. The lowest BCUT2D eigenvalue weighted by atomic mass is 10.2. The monoisotopic (exact) mass is 242 g/mol. The lowest BCUT2D eigenvalue weighted by Gasteiger charge is -2.09. The van der Waals surface area contributed by atoms with E-state index in [4.69, 9.17) is 0 Å². The number of nitrogens with one attached hydrogen (secondary N) is 2. The van der Waals surface area contributed by atoms with Gasteiger partial charge in [-0.2, -0.15) is 0 Å². The third-order valence-corrected chi connectivity index (χ3v) is 3.10. The van der Waals surface area contributed by atoms with Gasteiger partial charge in [0.25, 0.3) is 0 Å². The molecule has 2 N–H and O–H groups in total. The number of rotatable bonds is 3. The standard InChI is InChI=1S/C10H15BrN2/c11-8-5-10(12-6-8)7-13-9-3-1-2-4-9/h5-6,9,12-13H,1-4,7H2. The summed E-state index contributed by atoms with van der Waals surface area (Å²) in [5, 5.41) is 3.56. The fourth-order valence-electron chi connectivity index (χ4n) is 1.90. The molecule has 0 spiro atoms. The van der Waals surface area contributed by atoms with Crippen molar-refractivity contribution in [3.8, 4) is 0 Å². The highest BCUT2D eigenvalue weighted by atomic mass is 79.9. The Morgan fingerprint density at radius 3 is 2.85 bits per heavy atom. The SMILES string of the molecule is Brc1c[nH]c(CNC2CCCC2)c1.